The number of alkyl halides is 4. The van der Waals surface area contributed by atoms with Crippen molar-refractivity contribution in [3.8, 4) is 55.6 Å². The molecule has 6 aromatic rings. The number of hydrogen-bond donors (Lipinski definition) is 0. The summed E-state index contributed by atoms with van der Waals surface area (Å²) in [6.07, 6.45) is 0. The van der Waals surface area contributed by atoms with E-state index in [4.69, 9.17) is 46.4 Å². The Balaban J connectivity index is 1.65. The molecule has 0 bridgehead atoms. The van der Waals surface area contributed by atoms with E-state index in [1.807, 2.05) is 24.3 Å². The van der Waals surface area contributed by atoms with Gasteiger partial charge in [0, 0.05) is 23.5 Å². The summed E-state index contributed by atoms with van der Waals surface area (Å²) in [7, 11) is 0. The summed E-state index contributed by atoms with van der Waals surface area (Å²) >= 11 is 25.8. The van der Waals surface area contributed by atoms with Gasteiger partial charge in [-0.2, -0.15) is 0 Å². The van der Waals surface area contributed by atoms with E-state index in [1.54, 1.807) is 0 Å². The van der Waals surface area contributed by atoms with E-state index < -0.39 is 0 Å². The molecule has 0 radical (unpaired) electrons. The van der Waals surface area contributed by atoms with Crippen LogP contribution in [0.3, 0.4) is 0 Å². The van der Waals surface area contributed by atoms with Crippen molar-refractivity contribution in [1.29, 1.82) is 0 Å². The molecular formula is C40H30Cl4. The molecule has 6 rings (SSSR count). The summed E-state index contributed by atoms with van der Waals surface area (Å²) in [6, 6.07) is 46.9. The molecule has 0 aliphatic rings. The van der Waals surface area contributed by atoms with Gasteiger partial charge in [-0.1, -0.05) is 97.1 Å². The minimum atomic E-state index is 0.429. The fraction of sp³-hybridized carbons (Fsp3) is 0.100. The van der Waals surface area contributed by atoms with Crippen LogP contribution in [0.25, 0.3) is 55.6 Å². The first-order valence-corrected chi connectivity index (χ1v) is 16.6. The summed E-state index contributed by atoms with van der Waals surface area (Å²) < 4.78 is 0. The topological polar surface area (TPSA) is 0 Å². The van der Waals surface area contributed by atoms with E-state index in [-0.39, 0.29) is 0 Å². The molecule has 0 N–H and O–H groups in total. The lowest BCUT2D eigenvalue weighted by Crippen LogP contribution is -1.94. The Bertz CT molecular complexity index is 1650. The summed E-state index contributed by atoms with van der Waals surface area (Å²) in [5.74, 6) is 1.71. The lowest BCUT2D eigenvalue weighted by atomic mass is 9.87. The zero-order valence-electron chi connectivity index (χ0n) is 24.0. The minimum absolute atomic E-state index is 0.429. The largest absolute Gasteiger partial charge is 0.122 e. The van der Waals surface area contributed by atoms with Gasteiger partial charge in [-0.05, 0) is 114 Å². The molecular weight excluding hydrogens is 622 g/mol. The molecule has 0 fully saturated rings. The standard InChI is InChI=1S/C40H30Cl4/c41-23-27-9-1-5-13-37(27)33-17-31(18-34(21-33)38-14-6-2-10-28(38)24-42)32-19-35(39-15-7-3-11-29(39)25-43)22-36(20-32)40-16-8-4-12-30(40)26-44/h1-22H,23-26H2. The van der Waals surface area contributed by atoms with Gasteiger partial charge in [-0.25, -0.2) is 0 Å². The number of halogens is 4. The zero-order chi connectivity index (χ0) is 30.5. The van der Waals surface area contributed by atoms with Gasteiger partial charge < -0.3 is 0 Å². The van der Waals surface area contributed by atoms with Crippen LogP contribution >= 0.6 is 46.4 Å². The van der Waals surface area contributed by atoms with Gasteiger partial charge in [0.1, 0.15) is 0 Å². The van der Waals surface area contributed by atoms with Gasteiger partial charge in [0.05, 0.1) is 0 Å². The monoisotopic (exact) mass is 650 g/mol. The van der Waals surface area contributed by atoms with Crippen molar-refractivity contribution in [3.63, 3.8) is 0 Å². The maximum absolute atomic E-state index is 6.44. The fourth-order valence-electron chi connectivity index (χ4n) is 5.88. The van der Waals surface area contributed by atoms with Gasteiger partial charge in [0.25, 0.3) is 0 Å². The Morgan fingerprint density at radius 1 is 0.273 bits per heavy atom. The molecule has 0 aliphatic carbocycles. The molecule has 0 unspecified atom stereocenters. The van der Waals surface area contributed by atoms with Gasteiger partial charge in [0.2, 0.25) is 0 Å². The fourth-order valence-corrected chi connectivity index (χ4v) is 6.82. The predicted molar refractivity (Wildman–Crippen MR) is 192 cm³/mol. The van der Waals surface area contributed by atoms with Crippen LogP contribution in [0.15, 0.2) is 133 Å². The third kappa shape index (κ3) is 6.32. The van der Waals surface area contributed by atoms with Gasteiger partial charge in [-0.3, -0.25) is 0 Å². The second-order valence-electron chi connectivity index (χ2n) is 10.8. The van der Waals surface area contributed by atoms with E-state index in [0.717, 1.165) is 77.9 Å². The van der Waals surface area contributed by atoms with E-state index in [2.05, 4.69) is 109 Å². The van der Waals surface area contributed by atoms with Crippen molar-refractivity contribution in [1.82, 2.24) is 0 Å². The molecule has 0 aromatic heterocycles. The molecule has 4 heteroatoms. The third-order valence-electron chi connectivity index (χ3n) is 8.09. The number of rotatable bonds is 9. The molecule has 0 spiro atoms. The number of benzene rings is 6. The predicted octanol–water partition coefficient (Wildman–Crippen LogP) is 13.0. The summed E-state index contributed by atoms with van der Waals surface area (Å²) in [5, 5.41) is 0. The lowest BCUT2D eigenvalue weighted by molar-refractivity contribution is 1.38. The van der Waals surface area contributed by atoms with Gasteiger partial charge in [0.15, 0.2) is 0 Å². The molecule has 0 heterocycles. The van der Waals surface area contributed by atoms with E-state index in [0.29, 0.717) is 23.5 Å². The molecule has 0 amide bonds. The van der Waals surface area contributed by atoms with Crippen molar-refractivity contribution in [3.05, 3.63) is 156 Å². The van der Waals surface area contributed by atoms with Crippen molar-refractivity contribution >= 4 is 46.4 Å². The van der Waals surface area contributed by atoms with Crippen LogP contribution in [-0.2, 0) is 23.5 Å². The molecule has 6 aromatic carbocycles. The minimum Gasteiger partial charge on any atom is -0.122 e. The van der Waals surface area contributed by atoms with Crippen LogP contribution in [0.4, 0.5) is 0 Å². The maximum Gasteiger partial charge on any atom is 0.0480 e. The first-order valence-electron chi connectivity index (χ1n) is 14.5. The third-order valence-corrected chi connectivity index (χ3v) is 9.24. The van der Waals surface area contributed by atoms with E-state index in [9.17, 15) is 0 Å². The summed E-state index contributed by atoms with van der Waals surface area (Å²) in [5.41, 5.74) is 15.4. The summed E-state index contributed by atoms with van der Waals surface area (Å²) in [4.78, 5) is 0. The second-order valence-corrected chi connectivity index (χ2v) is 11.8. The van der Waals surface area contributed by atoms with Crippen LogP contribution in [0, 0.1) is 0 Å². The average Bonchev–Trinajstić information content (AvgIpc) is 3.11. The highest BCUT2D eigenvalue weighted by atomic mass is 35.5. The van der Waals surface area contributed by atoms with Crippen LogP contribution < -0.4 is 0 Å². The first kappa shape index (κ1) is 30.5. The molecule has 0 nitrogen and oxygen atoms in total. The quantitative estimate of drug-likeness (QED) is 0.136. The Kier molecular flexibility index (Phi) is 9.75. The van der Waals surface area contributed by atoms with Crippen LogP contribution in [0.2, 0.25) is 0 Å². The second kappa shape index (κ2) is 14.1. The Morgan fingerprint density at radius 2 is 0.477 bits per heavy atom. The highest BCUT2D eigenvalue weighted by Crippen LogP contribution is 2.40. The molecule has 0 atom stereocenters. The summed E-state index contributed by atoms with van der Waals surface area (Å²) in [6.45, 7) is 0. The van der Waals surface area contributed by atoms with Crippen LogP contribution in [-0.4, -0.2) is 0 Å². The smallest absolute Gasteiger partial charge is 0.0480 e. The molecule has 44 heavy (non-hydrogen) atoms. The van der Waals surface area contributed by atoms with Crippen molar-refractivity contribution in [2.24, 2.45) is 0 Å². The van der Waals surface area contributed by atoms with E-state index >= 15 is 0 Å². The lowest BCUT2D eigenvalue weighted by Gasteiger charge is -2.17. The van der Waals surface area contributed by atoms with E-state index in [1.165, 1.54) is 0 Å². The maximum atomic E-state index is 6.44. The zero-order valence-corrected chi connectivity index (χ0v) is 27.1. The van der Waals surface area contributed by atoms with Gasteiger partial charge >= 0.3 is 0 Å². The van der Waals surface area contributed by atoms with Crippen molar-refractivity contribution in [2.45, 2.75) is 23.5 Å². The van der Waals surface area contributed by atoms with Gasteiger partial charge in [-0.15, -0.1) is 46.4 Å². The highest BCUT2D eigenvalue weighted by Gasteiger charge is 2.15. The molecule has 0 saturated heterocycles. The Hall–Kier alpha value is -3.52. The molecule has 0 aliphatic heterocycles. The molecule has 218 valence electrons. The Labute approximate surface area is 279 Å². The first-order chi connectivity index (χ1) is 21.6. The van der Waals surface area contributed by atoms with Crippen molar-refractivity contribution < 1.29 is 0 Å². The highest BCUT2D eigenvalue weighted by molar-refractivity contribution is 6.18. The molecule has 0 saturated carbocycles. The normalized spacial score (nSPS) is 11.1. The Morgan fingerprint density at radius 3 is 0.705 bits per heavy atom. The van der Waals surface area contributed by atoms with Crippen LogP contribution in [0.1, 0.15) is 22.3 Å². The van der Waals surface area contributed by atoms with Crippen molar-refractivity contribution in [2.75, 3.05) is 0 Å². The van der Waals surface area contributed by atoms with Crippen LogP contribution in [0.5, 0.6) is 0 Å². The number of hydrogen-bond acceptors (Lipinski definition) is 0. The average molecular weight is 652 g/mol. The SMILES string of the molecule is ClCc1ccccc1-c1cc(-c2cc(-c3ccccc3CCl)cc(-c3ccccc3CCl)c2)cc(-c2ccccc2CCl)c1.